The number of carbonyl (C=O) groups is 1. The van der Waals surface area contributed by atoms with E-state index in [-0.39, 0.29) is 24.8 Å². The molecule has 0 aromatic heterocycles. The van der Waals surface area contributed by atoms with Crippen molar-refractivity contribution in [3.05, 3.63) is 0 Å². The van der Waals surface area contributed by atoms with Crippen LogP contribution >= 0.6 is 47.8 Å². The van der Waals surface area contributed by atoms with Crippen LogP contribution < -0.4 is 0 Å². The van der Waals surface area contributed by atoms with Crippen molar-refractivity contribution in [1.29, 1.82) is 0 Å². The molecule has 20 heavy (non-hydrogen) atoms. The van der Waals surface area contributed by atoms with Crippen molar-refractivity contribution in [3.8, 4) is 0 Å². The molecule has 3 unspecified atom stereocenters. The van der Waals surface area contributed by atoms with E-state index < -0.39 is 0 Å². The van der Waals surface area contributed by atoms with Gasteiger partial charge in [-0.2, -0.15) is 0 Å². The Balaban J connectivity index is 1.92. The molecule has 2 bridgehead atoms. The molecule has 3 atom stereocenters. The fraction of sp³-hybridized carbons (Fsp3) is 0.929. The number of alkyl halides is 3. The van der Waals surface area contributed by atoms with Crippen LogP contribution in [0.25, 0.3) is 0 Å². The minimum atomic E-state index is -0.260. The molecule has 0 N–H and O–H groups in total. The molecular formula is C14H20Br3NO2. The lowest BCUT2D eigenvalue weighted by atomic mass is 9.43. The quantitative estimate of drug-likeness (QED) is 0.574. The van der Waals surface area contributed by atoms with Crippen molar-refractivity contribution in [2.45, 2.75) is 35.3 Å². The number of nitrogens with zero attached hydrogens (tertiary/aromatic N) is 1. The Morgan fingerprint density at radius 3 is 2.30 bits per heavy atom. The molecular weight excluding hydrogens is 454 g/mol. The molecule has 0 aromatic carbocycles. The Labute approximate surface area is 145 Å². The van der Waals surface area contributed by atoms with Crippen LogP contribution in [0.15, 0.2) is 0 Å². The second-order valence-corrected chi connectivity index (χ2v) is 10.7. The number of hydrogen-bond donors (Lipinski definition) is 0. The first-order valence-electron chi connectivity index (χ1n) is 7.12. The second kappa shape index (κ2) is 4.93. The average molecular weight is 474 g/mol. The third-order valence-electron chi connectivity index (χ3n) is 6.17. The zero-order valence-corrected chi connectivity index (χ0v) is 16.6. The van der Waals surface area contributed by atoms with Crippen molar-refractivity contribution >= 4 is 53.7 Å². The highest BCUT2D eigenvalue weighted by Gasteiger charge is 2.83. The Morgan fingerprint density at radius 2 is 1.85 bits per heavy atom. The van der Waals surface area contributed by atoms with E-state index in [0.29, 0.717) is 19.1 Å². The maximum atomic E-state index is 13.2. The number of morpholine rings is 1. The molecule has 3 aliphatic carbocycles. The summed E-state index contributed by atoms with van der Waals surface area (Å²) in [7, 11) is 0. The summed E-state index contributed by atoms with van der Waals surface area (Å²) >= 11 is 11.3. The summed E-state index contributed by atoms with van der Waals surface area (Å²) in [6.07, 6.45) is 2.05. The first-order valence-corrected chi connectivity index (χ1v) is 9.86. The molecule has 1 saturated heterocycles. The predicted octanol–water partition coefficient (Wildman–Crippen LogP) is 3.53. The van der Waals surface area contributed by atoms with Gasteiger partial charge >= 0.3 is 0 Å². The smallest absolute Gasteiger partial charge is 0.230 e. The van der Waals surface area contributed by atoms with Gasteiger partial charge in [-0.05, 0) is 18.3 Å². The van der Waals surface area contributed by atoms with Gasteiger partial charge in [0.05, 0.1) is 22.4 Å². The average Bonchev–Trinajstić information content (AvgIpc) is 2.88. The normalized spacial score (nSPS) is 42.7. The minimum Gasteiger partial charge on any atom is -0.378 e. The summed E-state index contributed by atoms with van der Waals surface area (Å²) in [5.74, 6) is 0.321. The molecule has 1 amide bonds. The number of halogens is 3. The number of rotatable bonds is 2. The molecule has 6 heteroatoms. The Kier molecular flexibility index (Phi) is 3.89. The van der Waals surface area contributed by atoms with E-state index in [1.54, 1.807) is 0 Å². The van der Waals surface area contributed by atoms with Gasteiger partial charge in [0, 0.05) is 23.3 Å². The van der Waals surface area contributed by atoms with Gasteiger partial charge in [0.2, 0.25) is 5.91 Å². The van der Waals surface area contributed by atoms with Gasteiger partial charge in [-0.15, -0.1) is 0 Å². The molecule has 1 heterocycles. The van der Waals surface area contributed by atoms with Gasteiger partial charge in [0.25, 0.3) is 0 Å². The van der Waals surface area contributed by atoms with Crippen LogP contribution in [-0.4, -0.2) is 45.7 Å². The van der Waals surface area contributed by atoms with Crippen LogP contribution in [0.2, 0.25) is 0 Å². The first-order chi connectivity index (χ1) is 9.32. The number of fused-ring (bicyclic) bond motifs is 1. The minimum absolute atomic E-state index is 0.0127. The molecule has 0 aromatic rings. The van der Waals surface area contributed by atoms with Crippen molar-refractivity contribution in [1.82, 2.24) is 4.90 Å². The topological polar surface area (TPSA) is 29.5 Å². The molecule has 3 saturated carbocycles. The fourth-order valence-electron chi connectivity index (χ4n) is 4.72. The van der Waals surface area contributed by atoms with Crippen molar-refractivity contribution in [3.63, 3.8) is 0 Å². The van der Waals surface area contributed by atoms with Crippen LogP contribution in [0.4, 0.5) is 0 Å². The summed E-state index contributed by atoms with van der Waals surface area (Å²) in [6, 6.07) is 0. The van der Waals surface area contributed by atoms with Crippen LogP contribution in [-0.2, 0) is 9.53 Å². The Morgan fingerprint density at radius 1 is 1.25 bits per heavy atom. The molecule has 114 valence electrons. The van der Waals surface area contributed by atoms with Gasteiger partial charge in [-0.3, -0.25) is 4.79 Å². The van der Waals surface area contributed by atoms with Crippen molar-refractivity contribution < 1.29 is 9.53 Å². The molecule has 3 nitrogen and oxygen atoms in total. The third-order valence-corrected chi connectivity index (χ3v) is 9.40. The first kappa shape index (κ1) is 15.8. The molecule has 0 spiro atoms. The van der Waals surface area contributed by atoms with E-state index in [4.69, 9.17) is 4.74 Å². The SMILES string of the molecule is CC1(C)C2(C(=O)N3CCOCC3)CCC1(C(Br)Br)C2Br. The standard InChI is InChI=1S/C14H20Br3NO2/c1-12(2)13(10(16)17)3-4-14(12,9(13)15)11(19)18-5-7-20-8-6-18/h9-10H,3-8H2,1-2H3. The zero-order valence-electron chi connectivity index (χ0n) is 11.8. The molecule has 4 rings (SSSR count). The highest BCUT2D eigenvalue weighted by Crippen LogP contribution is 2.82. The maximum absolute atomic E-state index is 13.2. The second-order valence-electron chi connectivity index (χ2n) is 6.70. The summed E-state index contributed by atoms with van der Waals surface area (Å²) in [4.78, 5) is 15.4. The number of carbonyl (C=O) groups excluding carboxylic acids is 1. The lowest BCUT2D eigenvalue weighted by molar-refractivity contribution is -0.176. The van der Waals surface area contributed by atoms with E-state index >= 15 is 0 Å². The van der Waals surface area contributed by atoms with E-state index in [1.807, 2.05) is 4.90 Å². The van der Waals surface area contributed by atoms with Gasteiger partial charge < -0.3 is 9.64 Å². The van der Waals surface area contributed by atoms with Gasteiger partial charge in [0.1, 0.15) is 0 Å². The summed E-state index contributed by atoms with van der Waals surface area (Å²) in [5, 5.41) is 0. The summed E-state index contributed by atoms with van der Waals surface area (Å²) < 4.78 is 5.61. The van der Waals surface area contributed by atoms with Gasteiger partial charge in [-0.25, -0.2) is 0 Å². The van der Waals surface area contributed by atoms with Crippen molar-refractivity contribution in [2.75, 3.05) is 26.3 Å². The largest absolute Gasteiger partial charge is 0.378 e. The van der Waals surface area contributed by atoms with E-state index in [0.717, 1.165) is 25.9 Å². The summed E-state index contributed by atoms with van der Waals surface area (Å²) in [5.41, 5.74) is -0.166. The Bertz CT molecular complexity index is 436. The van der Waals surface area contributed by atoms with Crippen LogP contribution in [0.5, 0.6) is 0 Å². The molecule has 4 fully saturated rings. The van der Waals surface area contributed by atoms with E-state index in [9.17, 15) is 4.79 Å². The molecule has 1 aliphatic heterocycles. The maximum Gasteiger partial charge on any atom is 0.230 e. The van der Waals surface area contributed by atoms with E-state index in [2.05, 4.69) is 61.6 Å². The van der Waals surface area contributed by atoms with Gasteiger partial charge in [0.15, 0.2) is 0 Å². The van der Waals surface area contributed by atoms with Crippen LogP contribution in [0, 0.1) is 16.2 Å². The van der Waals surface area contributed by atoms with E-state index in [1.165, 1.54) is 0 Å². The number of amides is 1. The van der Waals surface area contributed by atoms with Gasteiger partial charge in [-0.1, -0.05) is 61.6 Å². The van der Waals surface area contributed by atoms with Crippen LogP contribution in [0.3, 0.4) is 0 Å². The zero-order chi connectivity index (χ0) is 14.8. The lowest BCUT2D eigenvalue weighted by Gasteiger charge is -2.66. The lowest BCUT2D eigenvalue weighted by Crippen LogP contribution is -2.72. The monoisotopic (exact) mass is 471 g/mol. The fourth-order valence-corrected chi connectivity index (χ4v) is 9.62. The number of hydrogen-bond acceptors (Lipinski definition) is 2. The predicted molar refractivity (Wildman–Crippen MR) is 89.6 cm³/mol. The van der Waals surface area contributed by atoms with Crippen molar-refractivity contribution in [2.24, 2.45) is 16.2 Å². The Hall–Kier alpha value is 0.870. The third kappa shape index (κ3) is 1.57. The number of ether oxygens (including phenoxy) is 1. The molecule has 0 radical (unpaired) electrons. The van der Waals surface area contributed by atoms with Crippen LogP contribution in [0.1, 0.15) is 26.7 Å². The summed E-state index contributed by atoms with van der Waals surface area (Å²) in [6.45, 7) is 7.31. The highest BCUT2D eigenvalue weighted by atomic mass is 79.9. The highest BCUT2D eigenvalue weighted by molar-refractivity contribution is 9.24. The molecule has 4 aliphatic rings.